The van der Waals surface area contributed by atoms with E-state index in [-0.39, 0.29) is 5.97 Å². The second-order valence-corrected chi connectivity index (χ2v) is 7.29. The number of rotatable bonds is 9. The van der Waals surface area contributed by atoms with Crippen LogP contribution in [0.25, 0.3) is 0 Å². The molecule has 0 atom stereocenters. The molecule has 0 radical (unpaired) electrons. The van der Waals surface area contributed by atoms with E-state index in [2.05, 4.69) is 10.3 Å². The van der Waals surface area contributed by atoms with E-state index < -0.39 is 23.9 Å². The second kappa shape index (κ2) is 17.0. The molecule has 6 N–H and O–H groups in total. The predicted octanol–water partition coefficient (Wildman–Crippen LogP) is 1.47. The van der Waals surface area contributed by atoms with E-state index in [4.69, 9.17) is 53.8 Å². The highest BCUT2D eigenvalue weighted by atomic mass is 16.5. The molecule has 0 saturated carbocycles. The van der Waals surface area contributed by atoms with Crippen molar-refractivity contribution in [2.75, 3.05) is 27.4 Å². The van der Waals surface area contributed by atoms with Crippen LogP contribution in [-0.2, 0) is 36.9 Å². The van der Waals surface area contributed by atoms with Crippen molar-refractivity contribution in [2.24, 2.45) is 0 Å². The summed E-state index contributed by atoms with van der Waals surface area (Å²) in [6, 6.07) is 5.95. The number of aliphatic carboxylic acids is 4. The average Bonchev–Trinajstić information content (AvgIpc) is 3.15. The molecule has 0 fully saturated rings. The highest BCUT2D eigenvalue weighted by Crippen LogP contribution is 2.27. The number of hydrogen-bond acceptors (Lipinski definition) is 9. The summed E-state index contributed by atoms with van der Waals surface area (Å²) in [5.41, 5.74) is 4.76. The van der Waals surface area contributed by atoms with Gasteiger partial charge in [0.2, 0.25) is 0 Å². The molecule has 14 heteroatoms. The molecule has 210 valence electrons. The van der Waals surface area contributed by atoms with E-state index in [1.54, 1.807) is 21.1 Å². The molecule has 0 amide bonds. The molecule has 0 aliphatic heterocycles. The van der Waals surface area contributed by atoms with Crippen LogP contribution in [-0.4, -0.2) is 82.6 Å². The summed E-state index contributed by atoms with van der Waals surface area (Å²) >= 11 is 0. The van der Waals surface area contributed by atoms with Gasteiger partial charge in [0, 0.05) is 12.2 Å². The summed E-state index contributed by atoms with van der Waals surface area (Å²) in [5.74, 6) is -6.13. The van der Waals surface area contributed by atoms with Gasteiger partial charge in [-0.05, 0) is 62.6 Å². The Morgan fingerprint density at radius 1 is 0.868 bits per heavy atom. The Labute approximate surface area is 218 Å². The van der Waals surface area contributed by atoms with Crippen LogP contribution in [0.2, 0.25) is 0 Å². The molecule has 0 unspecified atom stereocenters. The fourth-order valence-corrected chi connectivity index (χ4v) is 2.94. The van der Waals surface area contributed by atoms with E-state index in [1.165, 1.54) is 5.56 Å². The van der Waals surface area contributed by atoms with Gasteiger partial charge in [0.15, 0.2) is 11.5 Å². The zero-order valence-corrected chi connectivity index (χ0v) is 21.6. The van der Waals surface area contributed by atoms with Crippen LogP contribution in [0.3, 0.4) is 0 Å². The molecular formula is C24H32N2O12. The van der Waals surface area contributed by atoms with Crippen LogP contribution >= 0.6 is 0 Å². The molecule has 0 bridgehead atoms. The van der Waals surface area contributed by atoms with Gasteiger partial charge in [0.05, 0.1) is 20.8 Å². The van der Waals surface area contributed by atoms with Crippen molar-refractivity contribution in [3.63, 3.8) is 0 Å². The standard InChI is InChI=1S/C20H28N2O4.2C2H2O4/c1-6-26-20(23)19-13(2)16(14(3)22-19)12-21-10-9-15-7-8-17(24-4)18(11-15)25-5;2*3-1(4)2(5)6/h7-8,11,21-22H,6,9-10,12H2,1-5H3;2*(H,3,4)(H,5,6). The van der Waals surface area contributed by atoms with Crippen LogP contribution in [0.5, 0.6) is 11.5 Å². The smallest absolute Gasteiger partial charge is 0.414 e. The van der Waals surface area contributed by atoms with Crippen LogP contribution in [0.1, 0.15) is 39.8 Å². The molecule has 1 heterocycles. The van der Waals surface area contributed by atoms with E-state index in [0.29, 0.717) is 18.8 Å². The number of nitrogens with one attached hydrogen (secondary N) is 2. The van der Waals surface area contributed by atoms with Crippen LogP contribution in [0.4, 0.5) is 0 Å². The van der Waals surface area contributed by atoms with Crippen molar-refractivity contribution < 1.29 is 58.6 Å². The third-order valence-corrected chi connectivity index (χ3v) is 4.78. The maximum atomic E-state index is 12.0. The topological polar surface area (TPSA) is 222 Å². The van der Waals surface area contributed by atoms with Crippen molar-refractivity contribution >= 4 is 29.8 Å². The number of methoxy groups -OCH3 is 2. The molecule has 0 saturated heterocycles. The van der Waals surface area contributed by atoms with Crippen LogP contribution < -0.4 is 14.8 Å². The Morgan fingerprint density at radius 3 is 1.84 bits per heavy atom. The predicted molar refractivity (Wildman–Crippen MR) is 132 cm³/mol. The summed E-state index contributed by atoms with van der Waals surface area (Å²) in [4.78, 5) is 51.5. The summed E-state index contributed by atoms with van der Waals surface area (Å²) in [6.07, 6.45) is 0.869. The molecule has 0 aliphatic carbocycles. The number of benzene rings is 1. The molecule has 2 aromatic rings. The highest BCUT2D eigenvalue weighted by molar-refractivity contribution is 6.27. The van der Waals surface area contributed by atoms with Gasteiger partial charge in [-0.1, -0.05) is 6.07 Å². The van der Waals surface area contributed by atoms with Crippen molar-refractivity contribution in [1.82, 2.24) is 10.3 Å². The molecule has 2 rings (SSSR count). The number of esters is 1. The summed E-state index contributed by atoms with van der Waals surface area (Å²) in [7, 11) is 3.27. The maximum Gasteiger partial charge on any atom is 0.414 e. The van der Waals surface area contributed by atoms with Crippen molar-refractivity contribution in [3.8, 4) is 11.5 Å². The van der Waals surface area contributed by atoms with Gasteiger partial charge in [-0.3, -0.25) is 0 Å². The van der Waals surface area contributed by atoms with E-state index >= 15 is 0 Å². The van der Waals surface area contributed by atoms with E-state index in [0.717, 1.165) is 41.3 Å². The largest absolute Gasteiger partial charge is 0.493 e. The SMILES string of the molecule is CCOC(=O)c1[nH]c(C)c(CNCCc2ccc(OC)c(OC)c2)c1C.O=C(O)C(=O)O.O=C(O)C(=O)O. The lowest BCUT2D eigenvalue weighted by Crippen LogP contribution is -2.17. The summed E-state index contributed by atoms with van der Waals surface area (Å²) in [5, 5.41) is 33.0. The number of ether oxygens (including phenoxy) is 3. The number of carboxylic acid groups (broad SMARTS) is 4. The number of carbonyl (C=O) groups excluding carboxylic acids is 1. The first-order valence-electron chi connectivity index (χ1n) is 11.0. The Morgan fingerprint density at radius 2 is 1.39 bits per heavy atom. The van der Waals surface area contributed by atoms with Crippen molar-refractivity contribution in [3.05, 3.63) is 46.3 Å². The highest BCUT2D eigenvalue weighted by Gasteiger charge is 2.17. The molecular weight excluding hydrogens is 508 g/mol. The van der Waals surface area contributed by atoms with Crippen LogP contribution in [0.15, 0.2) is 18.2 Å². The lowest BCUT2D eigenvalue weighted by atomic mass is 10.1. The Kier molecular flexibility index (Phi) is 14.9. The van der Waals surface area contributed by atoms with Gasteiger partial charge in [0.25, 0.3) is 0 Å². The average molecular weight is 541 g/mol. The van der Waals surface area contributed by atoms with Crippen molar-refractivity contribution in [2.45, 2.75) is 33.7 Å². The minimum atomic E-state index is -1.82. The number of hydrogen-bond donors (Lipinski definition) is 6. The van der Waals surface area contributed by atoms with Gasteiger partial charge < -0.3 is 44.9 Å². The Bertz CT molecular complexity index is 1080. The Hall–Kier alpha value is -4.59. The van der Waals surface area contributed by atoms with Gasteiger partial charge in [-0.25, -0.2) is 24.0 Å². The Balaban J connectivity index is 0.000000948. The zero-order valence-electron chi connectivity index (χ0n) is 21.6. The maximum absolute atomic E-state index is 12.0. The number of carbonyl (C=O) groups is 5. The van der Waals surface area contributed by atoms with Gasteiger partial charge in [-0.2, -0.15) is 0 Å². The molecule has 0 aliphatic rings. The zero-order chi connectivity index (χ0) is 29.4. The number of aryl methyl sites for hydroxylation is 1. The number of aromatic nitrogens is 1. The molecule has 0 spiro atoms. The second-order valence-electron chi connectivity index (χ2n) is 7.29. The number of aromatic amines is 1. The summed E-state index contributed by atoms with van der Waals surface area (Å²) in [6.45, 7) is 7.60. The van der Waals surface area contributed by atoms with E-state index in [9.17, 15) is 4.79 Å². The number of H-pyrrole nitrogens is 1. The monoisotopic (exact) mass is 540 g/mol. The molecule has 1 aromatic heterocycles. The normalized spacial score (nSPS) is 9.61. The number of carboxylic acids is 4. The lowest BCUT2D eigenvalue weighted by molar-refractivity contribution is -0.159. The van der Waals surface area contributed by atoms with E-state index in [1.807, 2.05) is 32.0 Å². The third-order valence-electron chi connectivity index (χ3n) is 4.78. The fraction of sp³-hybridized carbons (Fsp3) is 0.375. The minimum Gasteiger partial charge on any atom is -0.493 e. The summed E-state index contributed by atoms with van der Waals surface area (Å²) < 4.78 is 15.7. The molecule has 1 aromatic carbocycles. The van der Waals surface area contributed by atoms with Crippen molar-refractivity contribution in [1.29, 1.82) is 0 Å². The van der Waals surface area contributed by atoms with Crippen LogP contribution in [0, 0.1) is 13.8 Å². The first kappa shape index (κ1) is 33.4. The van der Waals surface area contributed by atoms with Gasteiger partial charge >= 0.3 is 29.8 Å². The molecule has 14 nitrogen and oxygen atoms in total. The van der Waals surface area contributed by atoms with Gasteiger partial charge in [0.1, 0.15) is 5.69 Å². The lowest BCUT2D eigenvalue weighted by Gasteiger charge is -2.10. The minimum absolute atomic E-state index is 0.301. The molecule has 38 heavy (non-hydrogen) atoms. The third kappa shape index (κ3) is 11.4. The quantitative estimate of drug-likeness (QED) is 0.151. The first-order chi connectivity index (χ1) is 17.8. The fourth-order valence-electron chi connectivity index (χ4n) is 2.94. The van der Waals surface area contributed by atoms with Gasteiger partial charge in [-0.15, -0.1) is 0 Å². The first-order valence-corrected chi connectivity index (χ1v) is 11.0.